The number of nitrogens with zero attached hydrogens (tertiary/aromatic N) is 4. The van der Waals surface area contributed by atoms with Crippen LogP contribution in [0, 0.1) is 5.92 Å². The van der Waals surface area contributed by atoms with Crippen LogP contribution in [0.2, 0.25) is 0 Å². The Labute approximate surface area is 138 Å². The summed E-state index contributed by atoms with van der Waals surface area (Å²) in [5.41, 5.74) is 0. The standard InChI is InChI=1S/C17H29N5O/c1-2-14-7-6-10-21(12-9-14)17(23)18-13-16-20-19-15-8-4-3-5-11-22(15)16/h14H,2-13H2,1H3,(H,18,23)/t14-/m0/s1. The van der Waals surface area contributed by atoms with Crippen molar-refractivity contribution in [3.05, 3.63) is 11.6 Å². The second-order valence-electron chi connectivity index (χ2n) is 6.85. The van der Waals surface area contributed by atoms with E-state index in [-0.39, 0.29) is 6.03 Å². The summed E-state index contributed by atoms with van der Waals surface area (Å²) in [5, 5.41) is 11.6. The molecule has 2 amide bonds. The highest BCUT2D eigenvalue weighted by molar-refractivity contribution is 5.74. The van der Waals surface area contributed by atoms with Gasteiger partial charge in [-0.05, 0) is 38.0 Å². The van der Waals surface area contributed by atoms with Gasteiger partial charge in [0.05, 0.1) is 6.54 Å². The zero-order chi connectivity index (χ0) is 16.1. The van der Waals surface area contributed by atoms with Crippen LogP contribution in [0.4, 0.5) is 4.79 Å². The zero-order valence-corrected chi connectivity index (χ0v) is 14.3. The molecule has 0 spiro atoms. The summed E-state index contributed by atoms with van der Waals surface area (Å²) in [6, 6.07) is 0.0488. The fraction of sp³-hybridized carbons (Fsp3) is 0.824. The first-order chi connectivity index (χ1) is 11.3. The first-order valence-corrected chi connectivity index (χ1v) is 9.21. The predicted molar refractivity (Wildman–Crippen MR) is 89.0 cm³/mol. The zero-order valence-electron chi connectivity index (χ0n) is 14.3. The molecular weight excluding hydrogens is 290 g/mol. The van der Waals surface area contributed by atoms with Crippen LogP contribution in [0.15, 0.2) is 0 Å². The Kier molecular flexibility index (Phi) is 5.51. The molecule has 2 aliphatic rings. The first-order valence-electron chi connectivity index (χ1n) is 9.21. The number of aromatic nitrogens is 3. The maximum atomic E-state index is 12.4. The number of hydrogen-bond donors (Lipinski definition) is 1. The summed E-state index contributed by atoms with van der Waals surface area (Å²) in [4.78, 5) is 14.4. The number of hydrogen-bond acceptors (Lipinski definition) is 3. The molecule has 6 heteroatoms. The molecule has 1 fully saturated rings. The molecule has 3 rings (SSSR count). The number of carbonyl (C=O) groups is 1. The lowest BCUT2D eigenvalue weighted by Crippen LogP contribution is -2.40. The van der Waals surface area contributed by atoms with Crippen molar-refractivity contribution in [1.29, 1.82) is 0 Å². The third-order valence-corrected chi connectivity index (χ3v) is 5.30. The number of urea groups is 1. The molecule has 0 unspecified atom stereocenters. The molecule has 1 atom stereocenters. The Morgan fingerprint density at radius 2 is 2.04 bits per heavy atom. The van der Waals surface area contributed by atoms with E-state index in [9.17, 15) is 4.79 Å². The van der Waals surface area contributed by atoms with Crippen LogP contribution in [0.25, 0.3) is 0 Å². The number of nitrogens with one attached hydrogen (secondary N) is 1. The summed E-state index contributed by atoms with van der Waals surface area (Å²) in [7, 11) is 0. The van der Waals surface area contributed by atoms with Crippen molar-refractivity contribution in [2.45, 2.75) is 71.4 Å². The molecule has 1 saturated heterocycles. The van der Waals surface area contributed by atoms with Crippen molar-refractivity contribution in [3.8, 4) is 0 Å². The smallest absolute Gasteiger partial charge is 0.317 e. The van der Waals surface area contributed by atoms with Crippen molar-refractivity contribution in [3.63, 3.8) is 0 Å². The molecule has 1 aromatic rings. The van der Waals surface area contributed by atoms with Crippen LogP contribution in [0.1, 0.15) is 63.5 Å². The minimum absolute atomic E-state index is 0.0488. The van der Waals surface area contributed by atoms with Gasteiger partial charge >= 0.3 is 6.03 Å². The number of aryl methyl sites for hydroxylation is 1. The van der Waals surface area contributed by atoms with E-state index in [1.54, 1.807) is 0 Å². The van der Waals surface area contributed by atoms with Gasteiger partial charge in [-0.2, -0.15) is 0 Å². The molecule has 0 aromatic carbocycles. The second kappa shape index (κ2) is 7.79. The summed E-state index contributed by atoms with van der Waals surface area (Å²) in [5.74, 6) is 2.75. The Balaban J connectivity index is 1.54. The Bertz CT molecular complexity index is 527. The van der Waals surface area contributed by atoms with Gasteiger partial charge in [0.1, 0.15) is 5.82 Å². The minimum Gasteiger partial charge on any atom is -0.331 e. The SMILES string of the molecule is CC[C@H]1CCCN(C(=O)NCc2nnc3n2CCCCC3)CC1. The van der Waals surface area contributed by atoms with Gasteiger partial charge in [-0.25, -0.2) is 4.79 Å². The van der Waals surface area contributed by atoms with Gasteiger partial charge in [0.25, 0.3) is 0 Å². The molecule has 0 saturated carbocycles. The lowest BCUT2D eigenvalue weighted by atomic mass is 9.98. The van der Waals surface area contributed by atoms with Gasteiger partial charge < -0.3 is 14.8 Å². The molecule has 23 heavy (non-hydrogen) atoms. The van der Waals surface area contributed by atoms with Crippen LogP contribution in [-0.2, 0) is 19.5 Å². The molecule has 0 bridgehead atoms. The van der Waals surface area contributed by atoms with E-state index in [1.165, 1.54) is 32.1 Å². The van der Waals surface area contributed by atoms with E-state index >= 15 is 0 Å². The quantitative estimate of drug-likeness (QED) is 0.932. The lowest BCUT2D eigenvalue weighted by Gasteiger charge is -2.21. The summed E-state index contributed by atoms with van der Waals surface area (Å²) < 4.78 is 2.20. The highest BCUT2D eigenvalue weighted by Crippen LogP contribution is 2.20. The molecule has 3 heterocycles. The van der Waals surface area contributed by atoms with E-state index in [0.717, 1.165) is 56.5 Å². The molecule has 0 aliphatic carbocycles. The van der Waals surface area contributed by atoms with E-state index in [1.807, 2.05) is 4.90 Å². The molecule has 1 aromatic heterocycles. The summed E-state index contributed by atoms with van der Waals surface area (Å²) in [6.07, 6.45) is 9.34. The minimum atomic E-state index is 0.0488. The summed E-state index contributed by atoms with van der Waals surface area (Å²) >= 11 is 0. The van der Waals surface area contributed by atoms with Crippen molar-refractivity contribution < 1.29 is 4.79 Å². The molecular formula is C17H29N5O. The Hall–Kier alpha value is -1.59. The van der Waals surface area contributed by atoms with E-state index < -0.39 is 0 Å². The highest BCUT2D eigenvalue weighted by Gasteiger charge is 2.20. The fourth-order valence-electron chi connectivity index (χ4n) is 3.72. The Morgan fingerprint density at radius 3 is 2.91 bits per heavy atom. The molecule has 1 N–H and O–H groups in total. The van der Waals surface area contributed by atoms with Crippen molar-refractivity contribution >= 4 is 6.03 Å². The second-order valence-corrected chi connectivity index (χ2v) is 6.85. The Morgan fingerprint density at radius 1 is 1.13 bits per heavy atom. The number of carbonyl (C=O) groups excluding carboxylic acids is 1. The highest BCUT2D eigenvalue weighted by atomic mass is 16.2. The van der Waals surface area contributed by atoms with Gasteiger partial charge in [0.2, 0.25) is 0 Å². The van der Waals surface area contributed by atoms with E-state index in [0.29, 0.717) is 6.54 Å². The maximum Gasteiger partial charge on any atom is 0.317 e. The normalized spacial score (nSPS) is 22.1. The first kappa shape index (κ1) is 16.3. The van der Waals surface area contributed by atoms with Crippen LogP contribution in [-0.4, -0.2) is 38.8 Å². The number of rotatable bonds is 3. The topological polar surface area (TPSA) is 63.1 Å². The third-order valence-electron chi connectivity index (χ3n) is 5.30. The largest absolute Gasteiger partial charge is 0.331 e. The van der Waals surface area contributed by atoms with Gasteiger partial charge in [-0.3, -0.25) is 0 Å². The molecule has 6 nitrogen and oxygen atoms in total. The summed E-state index contributed by atoms with van der Waals surface area (Å²) in [6.45, 7) is 5.47. The fourth-order valence-corrected chi connectivity index (χ4v) is 3.72. The molecule has 2 aliphatic heterocycles. The predicted octanol–water partition coefficient (Wildman–Crippen LogP) is 2.73. The monoisotopic (exact) mass is 319 g/mol. The van der Waals surface area contributed by atoms with Gasteiger partial charge in [-0.15, -0.1) is 10.2 Å². The van der Waals surface area contributed by atoms with E-state index in [4.69, 9.17) is 0 Å². The average molecular weight is 319 g/mol. The van der Waals surface area contributed by atoms with Crippen molar-refractivity contribution in [1.82, 2.24) is 25.0 Å². The van der Waals surface area contributed by atoms with Crippen molar-refractivity contribution in [2.75, 3.05) is 13.1 Å². The molecule has 128 valence electrons. The van der Waals surface area contributed by atoms with Gasteiger partial charge in [0, 0.05) is 26.1 Å². The van der Waals surface area contributed by atoms with Crippen LogP contribution >= 0.6 is 0 Å². The number of amides is 2. The van der Waals surface area contributed by atoms with Gasteiger partial charge in [0.15, 0.2) is 5.82 Å². The number of likely N-dealkylation sites (tertiary alicyclic amines) is 1. The van der Waals surface area contributed by atoms with Gasteiger partial charge in [-0.1, -0.05) is 19.8 Å². The van der Waals surface area contributed by atoms with Crippen LogP contribution in [0.3, 0.4) is 0 Å². The van der Waals surface area contributed by atoms with Crippen LogP contribution in [0.5, 0.6) is 0 Å². The number of fused-ring (bicyclic) bond motifs is 1. The van der Waals surface area contributed by atoms with Crippen molar-refractivity contribution in [2.24, 2.45) is 5.92 Å². The average Bonchev–Trinajstić information content (AvgIpc) is 2.78. The lowest BCUT2D eigenvalue weighted by molar-refractivity contribution is 0.198. The van der Waals surface area contributed by atoms with Crippen LogP contribution < -0.4 is 5.32 Å². The molecule has 0 radical (unpaired) electrons. The maximum absolute atomic E-state index is 12.4. The van der Waals surface area contributed by atoms with E-state index in [2.05, 4.69) is 27.0 Å². The third kappa shape index (κ3) is 4.03.